The van der Waals surface area contributed by atoms with Gasteiger partial charge < -0.3 is 4.90 Å². The van der Waals surface area contributed by atoms with Crippen LogP contribution in [0.5, 0.6) is 0 Å². The minimum atomic E-state index is -0.333. The molecule has 0 saturated heterocycles. The van der Waals surface area contributed by atoms with Gasteiger partial charge in [-0.1, -0.05) is 30.3 Å². The number of fused-ring (bicyclic) bond motifs is 1. The van der Waals surface area contributed by atoms with Crippen LogP contribution >= 0.6 is 0 Å². The molecule has 0 fully saturated rings. The third kappa shape index (κ3) is 2.61. The quantitative estimate of drug-likeness (QED) is 0.628. The maximum Gasteiger partial charge on any atom is 0.269 e. The second kappa shape index (κ2) is 5.56. The molecule has 1 aliphatic rings. The Kier molecular flexibility index (Phi) is 3.60. The number of aryl methyl sites for hydroxylation is 1. The van der Waals surface area contributed by atoms with Crippen molar-refractivity contribution in [3.05, 3.63) is 69.8 Å². The lowest BCUT2D eigenvalue weighted by atomic mass is 9.97. The molecule has 1 atom stereocenters. The average molecular weight is 282 g/mol. The van der Waals surface area contributed by atoms with Crippen LogP contribution in [-0.2, 0) is 6.42 Å². The van der Waals surface area contributed by atoms with E-state index in [4.69, 9.17) is 0 Å². The Morgan fingerprint density at radius 3 is 2.81 bits per heavy atom. The minimum Gasteiger partial charge on any atom is -0.365 e. The van der Waals surface area contributed by atoms with Gasteiger partial charge in [-0.15, -0.1) is 0 Å². The van der Waals surface area contributed by atoms with Gasteiger partial charge in [0.15, 0.2) is 0 Å². The Hall–Kier alpha value is -2.36. The van der Waals surface area contributed by atoms with Crippen molar-refractivity contribution < 1.29 is 4.92 Å². The van der Waals surface area contributed by atoms with Crippen LogP contribution in [0, 0.1) is 10.1 Å². The predicted molar refractivity (Wildman–Crippen MR) is 83.6 cm³/mol. The van der Waals surface area contributed by atoms with E-state index in [9.17, 15) is 10.1 Å². The molecule has 2 aromatic carbocycles. The summed E-state index contributed by atoms with van der Waals surface area (Å²) in [6, 6.07) is 15.5. The van der Waals surface area contributed by atoms with Crippen LogP contribution in [-0.4, -0.2) is 11.5 Å². The molecule has 0 aromatic heterocycles. The highest BCUT2D eigenvalue weighted by Gasteiger charge is 2.23. The van der Waals surface area contributed by atoms with Crippen LogP contribution in [0.4, 0.5) is 11.4 Å². The number of non-ortho nitro benzene ring substituents is 1. The molecule has 21 heavy (non-hydrogen) atoms. The van der Waals surface area contributed by atoms with Crippen molar-refractivity contribution in [3.63, 3.8) is 0 Å². The highest BCUT2D eigenvalue weighted by molar-refractivity contribution is 5.57. The summed E-state index contributed by atoms with van der Waals surface area (Å²) in [6.07, 6.45) is 2.23. The van der Waals surface area contributed by atoms with Gasteiger partial charge in [-0.2, -0.15) is 0 Å². The zero-order valence-electron chi connectivity index (χ0n) is 12.0. The molecule has 4 heteroatoms. The lowest BCUT2D eigenvalue weighted by Gasteiger charge is -2.36. The molecule has 4 nitrogen and oxygen atoms in total. The molecule has 0 amide bonds. The van der Waals surface area contributed by atoms with E-state index >= 15 is 0 Å². The summed E-state index contributed by atoms with van der Waals surface area (Å²) in [6.45, 7) is 3.10. The highest BCUT2D eigenvalue weighted by Crippen LogP contribution is 2.34. The van der Waals surface area contributed by atoms with Crippen molar-refractivity contribution in [2.75, 3.05) is 11.4 Å². The lowest BCUT2D eigenvalue weighted by Crippen LogP contribution is -2.32. The Balaban J connectivity index is 1.94. The Morgan fingerprint density at radius 1 is 1.19 bits per heavy atom. The first-order chi connectivity index (χ1) is 10.2. The molecule has 0 radical (unpaired) electrons. The van der Waals surface area contributed by atoms with Crippen LogP contribution < -0.4 is 4.90 Å². The number of nitrogens with zero attached hydrogens (tertiary/aromatic N) is 2. The van der Waals surface area contributed by atoms with Crippen LogP contribution in [0.25, 0.3) is 0 Å². The van der Waals surface area contributed by atoms with E-state index in [-0.39, 0.29) is 16.7 Å². The van der Waals surface area contributed by atoms with Crippen molar-refractivity contribution in [3.8, 4) is 0 Å². The largest absolute Gasteiger partial charge is 0.365 e. The molecule has 0 N–H and O–H groups in total. The third-order valence-electron chi connectivity index (χ3n) is 4.18. The number of benzene rings is 2. The van der Waals surface area contributed by atoms with Crippen LogP contribution in [0.2, 0.25) is 0 Å². The SMILES string of the molecule is CC(c1cccc([N+](=O)[O-])c1)N1CCCc2ccccc21. The van der Waals surface area contributed by atoms with Gasteiger partial charge in [-0.05, 0) is 37.0 Å². The van der Waals surface area contributed by atoms with Crippen molar-refractivity contribution in [2.24, 2.45) is 0 Å². The lowest BCUT2D eigenvalue weighted by molar-refractivity contribution is -0.384. The van der Waals surface area contributed by atoms with Gasteiger partial charge in [0, 0.05) is 24.4 Å². The fourth-order valence-corrected chi connectivity index (χ4v) is 3.04. The number of para-hydroxylation sites is 1. The first kappa shape index (κ1) is 13.6. The van der Waals surface area contributed by atoms with E-state index in [1.54, 1.807) is 18.2 Å². The zero-order valence-corrected chi connectivity index (χ0v) is 12.0. The number of nitro benzene ring substituents is 1. The summed E-state index contributed by atoms with van der Waals surface area (Å²) in [7, 11) is 0. The Bertz CT molecular complexity index is 669. The molecule has 0 aliphatic carbocycles. The van der Waals surface area contributed by atoms with Gasteiger partial charge >= 0.3 is 0 Å². The van der Waals surface area contributed by atoms with Crippen molar-refractivity contribution in [1.82, 2.24) is 0 Å². The molecule has 0 bridgehead atoms. The van der Waals surface area contributed by atoms with E-state index in [2.05, 4.69) is 36.1 Å². The van der Waals surface area contributed by atoms with Crippen LogP contribution in [0.15, 0.2) is 48.5 Å². The second-order valence-corrected chi connectivity index (χ2v) is 5.45. The number of rotatable bonds is 3. The fraction of sp³-hybridized carbons (Fsp3) is 0.294. The molecular formula is C17H18N2O2. The van der Waals surface area contributed by atoms with Gasteiger partial charge in [0.1, 0.15) is 0 Å². The second-order valence-electron chi connectivity index (χ2n) is 5.45. The van der Waals surface area contributed by atoms with Gasteiger partial charge in [0.05, 0.1) is 11.0 Å². The van der Waals surface area contributed by atoms with Crippen LogP contribution in [0.1, 0.15) is 30.5 Å². The predicted octanol–water partition coefficient (Wildman–Crippen LogP) is 4.11. The molecule has 1 heterocycles. The monoisotopic (exact) mass is 282 g/mol. The van der Waals surface area contributed by atoms with Gasteiger partial charge in [-0.25, -0.2) is 0 Å². The summed E-state index contributed by atoms with van der Waals surface area (Å²) < 4.78 is 0. The Morgan fingerprint density at radius 2 is 2.00 bits per heavy atom. The maximum atomic E-state index is 10.9. The smallest absolute Gasteiger partial charge is 0.269 e. The van der Waals surface area contributed by atoms with E-state index < -0.39 is 0 Å². The zero-order chi connectivity index (χ0) is 14.8. The minimum absolute atomic E-state index is 0.131. The number of hydrogen-bond donors (Lipinski definition) is 0. The van der Waals surface area contributed by atoms with Gasteiger partial charge in [0.25, 0.3) is 5.69 Å². The molecule has 3 rings (SSSR count). The topological polar surface area (TPSA) is 46.4 Å². The van der Waals surface area contributed by atoms with E-state index in [0.717, 1.165) is 24.9 Å². The summed E-state index contributed by atoms with van der Waals surface area (Å²) in [5, 5.41) is 10.9. The first-order valence-corrected chi connectivity index (χ1v) is 7.26. The standard InChI is InChI=1S/C17H18N2O2/c1-13(15-7-4-9-16(12-15)19(20)21)18-11-5-8-14-6-2-3-10-17(14)18/h2-4,6-7,9-10,12-13H,5,8,11H2,1H3. The summed E-state index contributed by atoms with van der Waals surface area (Å²) in [4.78, 5) is 13.0. The highest BCUT2D eigenvalue weighted by atomic mass is 16.6. The molecular weight excluding hydrogens is 264 g/mol. The molecule has 2 aromatic rings. The van der Waals surface area contributed by atoms with E-state index in [0.29, 0.717) is 0 Å². The van der Waals surface area contributed by atoms with E-state index in [1.165, 1.54) is 11.3 Å². The summed E-state index contributed by atoms with van der Waals surface area (Å²) in [5.41, 5.74) is 3.76. The fourth-order valence-electron chi connectivity index (χ4n) is 3.04. The number of nitro groups is 1. The molecule has 1 aliphatic heterocycles. The third-order valence-corrected chi connectivity index (χ3v) is 4.18. The van der Waals surface area contributed by atoms with Crippen molar-refractivity contribution in [2.45, 2.75) is 25.8 Å². The maximum absolute atomic E-state index is 10.9. The molecule has 0 spiro atoms. The van der Waals surface area contributed by atoms with Gasteiger partial charge in [-0.3, -0.25) is 10.1 Å². The summed E-state index contributed by atoms with van der Waals surface area (Å²) in [5.74, 6) is 0. The number of hydrogen-bond acceptors (Lipinski definition) is 3. The molecule has 108 valence electrons. The Labute approximate surface area is 124 Å². The van der Waals surface area contributed by atoms with Gasteiger partial charge in [0.2, 0.25) is 0 Å². The summed E-state index contributed by atoms with van der Waals surface area (Å²) >= 11 is 0. The van der Waals surface area contributed by atoms with Crippen molar-refractivity contribution in [1.29, 1.82) is 0 Å². The average Bonchev–Trinajstić information content (AvgIpc) is 2.53. The van der Waals surface area contributed by atoms with Crippen LogP contribution in [0.3, 0.4) is 0 Å². The number of anilines is 1. The normalized spacial score (nSPS) is 15.4. The van der Waals surface area contributed by atoms with E-state index in [1.807, 2.05) is 6.07 Å². The molecule has 1 unspecified atom stereocenters. The van der Waals surface area contributed by atoms with Crippen molar-refractivity contribution >= 4 is 11.4 Å². The molecule has 0 saturated carbocycles. The first-order valence-electron chi connectivity index (χ1n) is 7.26.